The summed E-state index contributed by atoms with van der Waals surface area (Å²) in [6, 6.07) is 0.855. The highest BCUT2D eigenvalue weighted by Crippen LogP contribution is 2.38. The Kier molecular flexibility index (Phi) is 4.19. The van der Waals surface area contributed by atoms with Crippen molar-refractivity contribution < 1.29 is 4.74 Å². The van der Waals surface area contributed by atoms with Gasteiger partial charge in [0.2, 0.25) is 5.95 Å². The summed E-state index contributed by atoms with van der Waals surface area (Å²) in [4.78, 5) is 4.62. The lowest BCUT2D eigenvalue weighted by atomic mass is 9.92. The molecule has 1 aliphatic rings. The van der Waals surface area contributed by atoms with E-state index < -0.39 is 0 Å². The van der Waals surface area contributed by atoms with E-state index in [-0.39, 0.29) is 0 Å². The molecule has 0 radical (unpaired) electrons. The number of rotatable bonds is 5. The van der Waals surface area contributed by atoms with Gasteiger partial charge in [-0.25, -0.2) is 4.98 Å². The SMILES string of the molecule is COCC(C)n1cc(C)nc1NC1CCC(C)(C)C1. The lowest BCUT2D eigenvalue weighted by Gasteiger charge is -2.20. The fourth-order valence-electron chi connectivity index (χ4n) is 3.02. The molecule has 1 fully saturated rings. The van der Waals surface area contributed by atoms with Crippen molar-refractivity contribution in [1.82, 2.24) is 9.55 Å². The third-order valence-electron chi connectivity index (χ3n) is 4.04. The van der Waals surface area contributed by atoms with Crippen LogP contribution >= 0.6 is 0 Å². The second kappa shape index (κ2) is 5.53. The molecule has 1 aromatic rings. The van der Waals surface area contributed by atoms with Crippen LogP contribution in [0.1, 0.15) is 51.8 Å². The minimum Gasteiger partial charge on any atom is -0.383 e. The number of hydrogen-bond acceptors (Lipinski definition) is 3. The van der Waals surface area contributed by atoms with Crippen molar-refractivity contribution in [3.05, 3.63) is 11.9 Å². The van der Waals surface area contributed by atoms with Crippen LogP contribution < -0.4 is 5.32 Å². The molecule has 4 heteroatoms. The number of imidazole rings is 1. The number of nitrogens with zero attached hydrogens (tertiary/aromatic N) is 2. The van der Waals surface area contributed by atoms with Crippen LogP contribution in [-0.2, 0) is 4.74 Å². The zero-order valence-corrected chi connectivity index (χ0v) is 12.9. The van der Waals surface area contributed by atoms with Gasteiger partial charge in [0.05, 0.1) is 18.3 Å². The molecule has 0 amide bonds. The first-order valence-electron chi connectivity index (χ1n) is 7.22. The molecule has 0 bridgehead atoms. The van der Waals surface area contributed by atoms with E-state index in [2.05, 4.69) is 41.8 Å². The van der Waals surface area contributed by atoms with Crippen LogP contribution in [0.3, 0.4) is 0 Å². The average Bonchev–Trinajstić information content (AvgIpc) is 2.83. The molecule has 4 nitrogen and oxygen atoms in total. The van der Waals surface area contributed by atoms with E-state index in [1.165, 1.54) is 19.3 Å². The molecule has 1 aliphatic carbocycles. The van der Waals surface area contributed by atoms with Crippen molar-refractivity contribution in [2.24, 2.45) is 5.41 Å². The Bertz CT molecular complexity index is 425. The van der Waals surface area contributed by atoms with Crippen LogP contribution in [-0.4, -0.2) is 29.3 Å². The van der Waals surface area contributed by atoms with Gasteiger partial charge in [-0.1, -0.05) is 13.8 Å². The topological polar surface area (TPSA) is 39.1 Å². The predicted octanol–water partition coefficient (Wildman–Crippen LogP) is 3.39. The predicted molar refractivity (Wildman–Crippen MR) is 78.6 cm³/mol. The largest absolute Gasteiger partial charge is 0.383 e. The Labute approximate surface area is 116 Å². The van der Waals surface area contributed by atoms with E-state index in [0.29, 0.717) is 24.1 Å². The molecule has 1 aromatic heterocycles. The van der Waals surface area contributed by atoms with Crippen LogP contribution in [0.25, 0.3) is 0 Å². The quantitative estimate of drug-likeness (QED) is 0.887. The van der Waals surface area contributed by atoms with Gasteiger partial charge in [-0.2, -0.15) is 0 Å². The normalized spacial score (nSPS) is 23.5. The van der Waals surface area contributed by atoms with E-state index in [1.54, 1.807) is 7.11 Å². The number of anilines is 1. The van der Waals surface area contributed by atoms with Crippen LogP contribution in [0.2, 0.25) is 0 Å². The summed E-state index contributed by atoms with van der Waals surface area (Å²) in [5.41, 5.74) is 1.52. The van der Waals surface area contributed by atoms with Gasteiger partial charge < -0.3 is 14.6 Å². The molecule has 0 spiro atoms. The van der Waals surface area contributed by atoms with Crippen molar-refractivity contribution >= 4 is 5.95 Å². The van der Waals surface area contributed by atoms with E-state index in [0.717, 1.165) is 11.6 Å². The maximum absolute atomic E-state index is 5.25. The monoisotopic (exact) mass is 265 g/mol. The summed E-state index contributed by atoms with van der Waals surface area (Å²) in [5, 5.41) is 3.62. The zero-order valence-electron chi connectivity index (χ0n) is 12.9. The third-order valence-corrected chi connectivity index (χ3v) is 4.04. The molecule has 1 N–H and O–H groups in total. The lowest BCUT2D eigenvalue weighted by molar-refractivity contribution is 0.163. The van der Waals surface area contributed by atoms with Gasteiger partial charge in [0.1, 0.15) is 0 Å². The highest BCUT2D eigenvalue weighted by Gasteiger charge is 2.31. The first kappa shape index (κ1) is 14.4. The van der Waals surface area contributed by atoms with Crippen LogP contribution in [0.15, 0.2) is 6.20 Å². The maximum atomic E-state index is 5.25. The van der Waals surface area contributed by atoms with Gasteiger partial charge in [0.15, 0.2) is 0 Å². The molecule has 2 rings (SSSR count). The van der Waals surface area contributed by atoms with Gasteiger partial charge in [0.25, 0.3) is 0 Å². The molecular formula is C15H27N3O. The Hall–Kier alpha value is -1.03. The number of aryl methyl sites for hydroxylation is 1. The van der Waals surface area contributed by atoms with Crippen LogP contribution in [0.4, 0.5) is 5.95 Å². The molecule has 0 saturated heterocycles. The van der Waals surface area contributed by atoms with E-state index in [9.17, 15) is 0 Å². The number of methoxy groups -OCH3 is 1. The van der Waals surface area contributed by atoms with Crippen molar-refractivity contribution in [2.45, 2.75) is 59.0 Å². The Balaban J connectivity index is 2.08. The van der Waals surface area contributed by atoms with Crippen molar-refractivity contribution in [3.8, 4) is 0 Å². The van der Waals surface area contributed by atoms with E-state index in [1.807, 2.05) is 6.92 Å². The van der Waals surface area contributed by atoms with Gasteiger partial charge in [-0.05, 0) is 38.5 Å². The number of aromatic nitrogens is 2. The number of nitrogens with one attached hydrogen (secondary N) is 1. The summed E-state index contributed by atoms with van der Waals surface area (Å²) < 4.78 is 7.45. The summed E-state index contributed by atoms with van der Waals surface area (Å²) in [6.07, 6.45) is 5.85. The number of hydrogen-bond donors (Lipinski definition) is 1. The Morgan fingerprint density at radius 3 is 2.89 bits per heavy atom. The van der Waals surface area contributed by atoms with E-state index in [4.69, 9.17) is 4.74 Å². The number of ether oxygens (including phenoxy) is 1. The molecule has 1 heterocycles. The molecule has 108 valence electrons. The summed E-state index contributed by atoms with van der Waals surface area (Å²) in [7, 11) is 1.74. The zero-order chi connectivity index (χ0) is 14.0. The van der Waals surface area contributed by atoms with Crippen LogP contribution in [0.5, 0.6) is 0 Å². The molecule has 0 aliphatic heterocycles. The Morgan fingerprint density at radius 2 is 2.32 bits per heavy atom. The Morgan fingerprint density at radius 1 is 1.58 bits per heavy atom. The molecule has 2 unspecified atom stereocenters. The second-order valence-electron chi connectivity index (χ2n) is 6.67. The molecular weight excluding hydrogens is 238 g/mol. The molecule has 19 heavy (non-hydrogen) atoms. The highest BCUT2D eigenvalue weighted by atomic mass is 16.5. The van der Waals surface area contributed by atoms with Crippen LogP contribution in [0, 0.1) is 12.3 Å². The fourth-order valence-corrected chi connectivity index (χ4v) is 3.02. The third kappa shape index (κ3) is 3.50. The summed E-state index contributed by atoms with van der Waals surface area (Å²) >= 11 is 0. The molecule has 0 aromatic carbocycles. The molecule has 2 atom stereocenters. The average molecular weight is 265 g/mol. The van der Waals surface area contributed by atoms with Gasteiger partial charge in [-0.3, -0.25) is 0 Å². The van der Waals surface area contributed by atoms with E-state index >= 15 is 0 Å². The summed E-state index contributed by atoms with van der Waals surface area (Å²) in [5.74, 6) is 0.991. The van der Waals surface area contributed by atoms with Crippen molar-refractivity contribution in [2.75, 3.05) is 19.0 Å². The minimum absolute atomic E-state index is 0.308. The molecule has 1 saturated carbocycles. The van der Waals surface area contributed by atoms with Gasteiger partial charge in [0, 0.05) is 19.3 Å². The smallest absolute Gasteiger partial charge is 0.203 e. The minimum atomic E-state index is 0.308. The maximum Gasteiger partial charge on any atom is 0.203 e. The first-order chi connectivity index (χ1) is 8.91. The highest BCUT2D eigenvalue weighted by molar-refractivity contribution is 5.31. The summed E-state index contributed by atoms with van der Waals surface area (Å²) in [6.45, 7) is 9.61. The van der Waals surface area contributed by atoms with Gasteiger partial charge in [-0.15, -0.1) is 0 Å². The van der Waals surface area contributed by atoms with Crippen molar-refractivity contribution in [3.63, 3.8) is 0 Å². The fraction of sp³-hybridized carbons (Fsp3) is 0.800. The van der Waals surface area contributed by atoms with Gasteiger partial charge >= 0.3 is 0 Å². The first-order valence-corrected chi connectivity index (χ1v) is 7.22. The standard InChI is InChI=1S/C15H27N3O/c1-11-9-18(12(2)10-19-5)14(16-11)17-13-6-7-15(3,4)8-13/h9,12-13H,6-8,10H2,1-5H3,(H,16,17). The van der Waals surface area contributed by atoms with Crippen molar-refractivity contribution in [1.29, 1.82) is 0 Å². The lowest BCUT2D eigenvalue weighted by Crippen LogP contribution is -2.22. The second-order valence-corrected chi connectivity index (χ2v) is 6.67.